The van der Waals surface area contributed by atoms with Crippen LogP contribution < -0.4 is 15.4 Å². The summed E-state index contributed by atoms with van der Waals surface area (Å²) in [7, 11) is 0. The first-order valence-electron chi connectivity index (χ1n) is 14.1. The molecule has 0 bridgehead atoms. The molecule has 7 nitrogen and oxygen atoms in total. The number of rotatable bonds is 9. The van der Waals surface area contributed by atoms with E-state index in [1.807, 2.05) is 60.4 Å². The summed E-state index contributed by atoms with van der Waals surface area (Å²) in [6, 6.07) is 14.8. The highest BCUT2D eigenvalue weighted by Crippen LogP contribution is 2.24. The van der Waals surface area contributed by atoms with Crippen molar-refractivity contribution in [1.82, 2.24) is 15.5 Å². The number of nitrogens with one attached hydrogen (secondary N) is 2. The van der Waals surface area contributed by atoms with Crippen molar-refractivity contribution in [3.05, 3.63) is 65.2 Å². The maximum absolute atomic E-state index is 13.2. The molecule has 2 aromatic carbocycles. The summed E-state index contributed by atoms with van der Waals surface area (Å²) in [5.41, 5.74) is 2.27. The molecule has 3 amide bonds. The summed E-state index contributed by atoms with van der Waals surface area (Å²) in [6.07, 6.45) is 7.17. The van der Waals surface area contributed by atoms with Gasteiger partial charge in [-0.2, -0.15) is 0 Å². The van der Waals surface area contributed by atoms with Gasteiger partial charge in [0, 0.05) is 42.2 Å². The van der Waals surface area contributed by atoms with E-state index in [2.05, 4.69) is 17.6 Å². The van der Waals surface area contributed by atoms with E-state index in [0.29, 0.717) is 43.7 Å². The van der Waals surface area contributed by atoms with E-state index in [1.165, 1.54) is 0 Å². The second-order valence-corrected chi connectivity index (χ2v) is 10.6. The number of likely N-dealkylation sites (tertiary alicyclic amines) is 1. The van der Waals surface area contributed by atoms with Crippen molar-refractivity contribution in [2.24, 2.45) is 5.92 Å². The van der Waals surface area contributed by atoms with Gasteiger partial charge in [-0.1, -0.05) is 44.4 Å². The number of unbranched alkanes of at least 4 members (excludes halogenated alkanes) is 1. The first-order valence-corrected chi connectivity index (χ1v) is 14.1. The molecule has 0 unspecified atom stereocenters. The van der Waals surface area contributed by atoms with Gasteiger partial charge in [0.15, 0.2) is 0 Å². The Morgan fingerprint density at radius 3 is 2.21 bits per heavy atom. The highest BCUT2D eigenvalue weighted by molar-refractivity contribution is 5.96. The topological polar surface area (TPSA) is 87.7 Å². The number of ether oxygens (including phenoxy) is 1. The van der Waals surface area contributed by atoms with E-state index in [0.717, 1.165) is 49.8 Å². The van der Waals surface area contributed by atoms with Gasteiger partial charge in [-0.15, -0.1) is 0 Å². The Morgan fingerprint density at radius 1 is 0.895 bits per heavy atom. The van der Waals surface area contributed by atoms with Crippen molar-refractivity contribution in [3.63, 3.8) is 0 Å². The fourth-order valence-corrected chi connectivity index (χ4v) is 5.41. The van der Waals surface area contributed by atoms with Gasteiger partial charge < -0.3 is 20.3 Å². The molecular formula is C31H41N3O4. The van der Waals surface area contributed by atoms with E-state index >= 15 is 0 Å². The molecule has 1 saturated carbocycles. The Balaban J connectivity index is 1.26. The largest absolute Gasteiger partial charge is 0.494 e. The molecule has 0 aromatic heterocycles. The zero-order valence-corrected chi connectivity index (χ0v) is 22.7. The van der Waals surface area contributed by atoms with Crippen molar-refractivity contribution in [3.8, 4) is 5.75 Å². The van der Waals surface area contributed by atoms with Crippen molar-refractivity contribution in [2.45, 2.75) is 77.3 Å². The van der Waals surface area contributed by atoms with E-state index in [4.69, 9.17) is 4.74 Å². The third-order valence-corrected chi connectivity index (χ3v) is 7.82. The Hall–Kier alpha value is -3.35. The van der Waals surface area contributed by atoms with Crippen LogP contribution >= 0.6 is 0 Å². The molecule has 1 aliphatic heterocycles. The molecule has 0 spiro atoms. The molecule has 2 fully saturated rings. The average molecular weight is 520 g/mol. The van der Waals surface area contributed by atoms with Crippen LogP contribution in [-0.2, 0) is 4.79 Å². The van der Waals surface area contributed by atoms with Crippen molar-refractivity contribution in [2.75, 3.05) is 19.7 Å². The quantitative estimate of drug-likeness (QED) is 0.462. The van der Waals surface area contributed by atoms with Gasteiger partial charge in [0.05, 0.1) is 6.61 Å². The number of hydrogen-bond acceptors (Lipinski definition) is 4. The fraction of sp³-hybridized carbons (Fsp3) is 0.516. The predicted molar refractivity (Wildman–Crippen MR) is 148 cm³/mol. The van der Waals surface area contributed by atoms with Crippen LogP contribution in [0.25, 0.3) is 0 Å². The molecule has 1 saturated heterocycles. The number of amides is 3. The standard InChI is InChI=1S/C31H41N3O4/c1-3-4-21-38-25-15-13-24(14-16-25)31(37)34-19-17-23(18-20-34)29(35)32-27-11-7-8-12-28(27)33-30(36)26-10-6-5-9-22(26)2/h5-6,9-10,13-16,23,27-28H,3-4,7-8,11-12,17-21H2,1-2H3,(H,32,35)(H,33,36)/t27-,28-/m1/s1. The maximum atomic E-state index is 13.2. The lowest BCUT2D eigenvalue weighted by Crippen LogP contribution is -2.55. The van der Waals surface area contributed by atoms with Gasteiger partial charge in [-0.25, -0.2) is 0 Å². The fourth-order valence-electron chi connectivity index (χ4n) is 5.41. The summed E-state index contributed by atoms with van der Waals surface area (Å²) in [4.78, 5) is 40.9. The summed E-state index contributed by atoms with van der Waals surface area (Å²) in [5, 5.41) is 6.42. The minimum atomic E-state index is -0.122. The number of hydrogen-bond donors (Lipinski definition) is 2. The second-order valence-electron chi connectivity index (χ2n) is 10.6. The number of carbonyl (C=O) groups is 3. The summed E-state index contributed by atoms with van der Waals surface area (Å²) >= 11 is 0. The van der Waals surface area contributed by atoms with Gasteiger partial charge in [0.2, 0.25) is 5.91 Å². The first kappa shape index (κ1) is 27.7. The van der Waals surface area contributed by atoms with E-state index in [1.54, 1.807) is 0 Å². The first-order chi connectivity index (χ1) is 18.5. The van der Waals surface area contributed by atoms with Crippen LogP contribution in [0.15, 0.2) is 48.5 Å². The molecule has 2 aliphatic rings. The van der Waals surface area contributed by atoms with Gasteiger partial charge in [-0.3, -0.25) is 14.4 Å². The van der Waals surface area contributed by atoms with Gasteiger partial charge in [0.1, 0.15) is 5.75 Å². The SMILES string of the molecule is CCCCOc1ccc(C(=O)N2CCC(C(=O)N[C@@H]3CCCC[C@H]3NC(=O)c3ccccc3C)CC2)cc1. The zero-order valence-electron chi connectivity index (χ0n) is 22.7. The molecular weight excluding hydrogens is 478 g/mol. The van der Waals surface area contributed by atoms with Gasteiger partial charge in [0.25, 0.3) is 11.8 Å². The lowest BCUT2D eigenvalue weighted by molar-refractivity contribution is -0.127. The molecule has 204 valence electrons. The normalized spacial score (nSPS) is 20.0. The second kappa shape index (κ2) is 13.4. The van der Waals surface area contributed by atoms with Crippen molar-refractivity contribution < 1.29 is 19.1 Å². The molecule has 7 heteroatoms. The summed E-state index contributed by atoms with van der Waals surface area (Å²) in [5.74, 6) is 0.606. The number of carbonyl (C=O) groups excluding carboxylic acids is 3. The maximum Gasteiger partial charge on any atom is 0.253 e. The van der Waals surface area contributed by atoms with Crippen molar-refractivity contribution >= 4 is 17.7 Å². The Bertz CT molecular complexity index is 1090. The van der Waals surface area contributed by atoms with Crippen LogP contribution in [0.3, 0.4) is 0 Å². The average Bonchev–Trinajstić information content (AvgIpc) is 2.94. The molecule has 4 rings (SSSR count). The third-order valence-electron chi connectivity index (χ3n) is 7.82. The Kier molecular flexibility index (Phi) is 9.79. The third kappa shape index (κ3) is 7.15. The van der Waals surface area contributed by atoms with Crippen LogP contribution in [0.5, 0.6) is 5.75 Å². The lowest BCUT2D eigenvalue weighted by Gasteiger charge is -2.36. The van der Waals surface area contributed by atoms with Crippen LogP contribution in [0.2, 0.25) is 0 Å². The number of piperidine rings is 1. The van der Waals surface area contributed by atoms with Crippen LogP contribution in [-0.4, -0.2) is 54.4 Å². The number of aryl methyl sites for hydroxylation is 1. The summed E-state index contributed by atoms with van der Waals surface area (Å²) < 4.78 is 5.69. The van der Waals surface area contributed by atoms with E-state index in [9.17, 15) is 14.4 Å². The minimum Gasteiger partial charge on any atom is -0.494 e. The number of benzene rings is 2. The molecule has 1 aliphatic carbocycles. The highest BCUT2D eigenvalue weighted by Gasteiger charge is 2.32. The predicted octanol–water partition coefficient (Wildman–Crippen LogP) is 4.88. The van der Waals surface area contributed by atoms with Crippen LogP contribution in [0.4, 0.5) is 0 Å². The molecule has 0 radical (unpaired) electrons. The Morgan fingerprint density at radius 2 is 1.55 bits per heavy atom. The minimum absolute atomic E-state index is 0.00442. The van der Waals surface area contributed by atoms with Gasteiger partial charge >= 0.3 is 0 Å². The van der Waals surface area contributed by atoms with Crippen LogP contribution in [0, 0.1) is 12.8 Å². The van der Waals surface area contributed by atoms with E-state index < -0.39 is 0 Å². The summed E-state index contributed by atoms with van der Waals surface area (Å²) in [6.45, 7) is 5.86. The number of nitrogens with zero attached hydrogens (tertiary/aromatic N) is 1. The van der Waals surface area contributed by atoms with E-state index in [-0.39, 0.29) is 35.7 Å². The van der Waals surface area contributed by atoms with Crippen LogP contribution in [0.1, 0.15) is 84.6 Å². The monoisotopic (exact) mass is 519 g/mol. The molecule has 2 aromatic rings. The highest BCUT2D eigenvalue weighted by atomic mass is 16.5. The zero-order chi connectivity index (χ0) is 26.9. The molecule has 2 N–H and O–H groups in total. The van der Waals surface area contributed by atoms with Gasteiger partial charge in [-0.05, 0) is 74.9 Å². The molecule has 2 atom stereocenters. The molecule has 1 heterocycles. The smallest absolute Gasteiger partial charge is 0.253 e. The lowest BCUT2D eigenvalue weighted by atomic mass is 9.88. The molecule has 38 heavy (non-hydrogen) atoms. The van der Waals surface area contributed by atoms with Crippen molar-refractivity contribution in [1.29, 1.82) is 0 Å². The Labute approximate surface area is 226 Å².